The maximum absolute atomic E-state index is 13.5. The number of amides is 2. The van der Waals surface area contributed by atoms with Crippen LogP contribution in [0.3, 0.4) is 0 Å². The van der Waals surface area contributed by atoms with Crippen molar-refractivity contribution in [3.63, 3.8) is 0 Å². The summed E-state index contributed by atoms with van der Waals surface area (Å²) in [6.45, 7) is 3.79. The largest absolute Gasteiger partial charge is 0.322 e. The summed E-state index contributed by atoms with van der Waals surface area (Å²) in [7, 11) is 1.65. The average molecular weight is 481 g/mol. The van der Waals surface area contributed by atoms with Crippen LogP contribution in [0, 0.1) is 6.92 Å². The topological polar surface area (TPSA) is 67.2 Å². The van der Waals surface area contributed by atoms with Crippen LogP contribution in [0.2, 0.25) is 10.0 Å². The maximum atomic E-state index is 13.5. The Morgan fingerprint density at radius 1 is 1.03 bits per heavy atom. The molecule has 1 heterocycles. The van der Waals surface area contributed by atoms with E-state index in [0.717, 1.165) is 5.56 Å². The molecule has 0 aliphatic heterocycles. The highest BCUT2D eigenvalue weighted by molar-refractivity contribution is 6.42. The van der Waals surface area contributed by atoms with Crippen molar-refractivity contribution in [2.24, 2.45) is 0 Å². The molecule has 0 aliphatic rings. The quantitative estimate of drug-likeness (QED) is 0.376. The van der Waals surface area contributed by atoms with E-state index in [4.69, 9.17) is 28.2 Å². The SMILES string of the molecule is Cc1cccc(-n2c(C(C)N(C)C(=O)Nc3ccc(Cl)c(Cl)c3)nc3ccccc3c2=O)c1. The maximum Gasteiger partial charge on any atom is 0.322 e. The molecule has 0 aliphatic carbocycles. The van der Waals surface area contributed by atoms with Crippen molar-refractivity contribution in [1.82, 2.24) is 14.5 Å². The second-order valence-corrected chi connectivity index (χ2v) is 8.63. The van der Waals surface area contributed by atoms with E-state index < -0.39 is 6.04 Å². The van der Waals surface area contributed by atoms with E-state index in [0.29, 0.717) is 38.1 Å². The van der Waals surface area contributed by atoms with Crippen LogP contribution in [0.4, 0.5) is 10.5 Å². The number of hydrogen-bond donors (Lipinski definition) is 1. The lowest BCUT2D eigenvalue weighted by Crippen LogP contribution is -2.37. The molecule has 168 valence electrons. The lowest BCUT2D eigenvalue weighted by atomic mass is 10.1. The molecule has 0 saturated heterocycles. The van der Waals surface area contributed by atoms with Crippen LogP contribution in [0.1, 0.15) is 24.4 Å². The van der Waals surface area contributed by atoms with E-state index >= 15 is 0 Å². The molecule has 33 heavy (non-hydrogen) atoms. The number of carbonyl (C=O) groups is 1. The lowest BCUT2D eigenvalue weighted by molar-refractivity contribution is 0.205. The Hall–Kier alpha value is -3.35. The van der Waals surface area contributed by atoms with E-state index in [2.05, 4.69) is 5.32 Å². The number of carbonyl (C=O) groups excluding carboxylic acids is 1. The predicted octanol–water partition coefficient (Wildman–Crippen LogP) is 6.23. The molecule has 1 atom stereocenters. The minimum Gasteiger partial charge on any atom is -0.318 e. The standard InChI is InChI=1S/C25H22Cl2N4O2/c1-15-7-6-8-18(13-15)31-23(29-22-10-5-4-9-19(22)24(31)32)16(2)30(3)25(33)28-17-11-12-20(26)21(27)14-17/h4-14,16H,1-3H3,(H,28,33). The van der Waals surface area contributed by atoms with Crippen LogP contribution < -0.4 is 10.9 Å². The first-order valence-electron chi connectivity index (χ1n) is 10.3. The molecular weight excluding hydrogens is 459 g/mol. The Labute approximate surface area is 201 Å². The van der Waals surface area contributed by atoms with Gasteiger partial charge >= 0.3 is 6.03 Å². The van der Waals surface area contributed by atoms with Gasteiger partial charge in [0.25, 0.3) is 5.56 Å². The second-order valence-electron chi connectivity index (χ2n) is 7.81. The van der Waals surface area contributed by atoms with E-state index in [1.54, 1.807) is 41.9 Å². The molecule has 0 fully saturated rings. The van der Waals surface area contributed by atoms with Gasteiger partial charge in [0.2, 0.25) is 0 Å². The van der Waals surface area contributed by atoms with Crippen molar-refractivity contribution >= 4 is 45.8 Å². The van der Waals surface area contributed by atoms with Crippen LogP contribution >= 0.6 is 23.2 Å². The van der Waals surface area contributed by atoms with Crippen LogP contribution in [0.5, 0.6) is 0 Å². The molecule has 1 unspecified atom stereocenters. The van der Waals surface area contributed by atoms with Gasteiger partial charge in [-0.05, 0) is 61.9 Å². The van der Waals surface area contributed by atoms with Gasteiger partial charge in [-0.2, -0.15) is 0 Å². The molecule has 4 rings (SSSR count). The highest BCUT2D eigenvalue weighted by atomic mass is 35.5. The molecule has 0 bridgehead atoms. The summed E-state index contributed by atoms with van der Waals surface area (Å²) < 4.78 is 1.57. The Kier molecular flexibility index (Phi) is 6.40. The molecular formula is C25H22Cl2N4O2. The minimum atomic E-state index is -0.523. The van der Waals surface area contributed by atoms with E-state index in [1.165, 1.54) is 4.90 Å². The van der Waals surface area contributed by atoms with Crippen molar-refractivity contribution in [2.75, 3.05) is 12.4 Å². The molecule has 4 aromatic rings. The summed E-state index contributed by atoms with van der Waals surface area (Å²) in [5.74, 6) is 0.455. The van der Waals surface area contributed by atoms with Crippen LogP contribution in [-0.4, -0.2) is 27.5 Å². The fourth-order valence-electron chi connectivity index (χ4n) is 3.58. The predicted molar refractivity (Wildman–Crippen MR) is 134 cm³/mol. The van der Waals surface area contributed by atoms with Gasteiger partial charge in [-0.3, -0.25) is 9.36 Å². The highest BCUT2D eigenvalue weighted by Gasteiger charge is 2.24. The van der Waals surface area contributed by atoms with E-state index in [1.807, 2.05) is 50.2 Å². The minimum absolute atomic E-state index is 0.189. The number of halogens is 2. The number of hydrogen-bond acceptors (Lipinski definition) is 3. The normalized spacial score (nSPS) is 11.9. The number of rotatable bonds is 4. The Bertz CT molecular complexity index is 1420. The summed E-state index contributed by atoms with van der Waals surface area (Å²) in [5, 5.41) is 4.07. The average Bonchev–Trinajstić information content (AvgIpc) is 2.80. The summed E-state index contributed by atoms with van der Waals surface area (Å²) >= 11 is 12.0. The van der Waals surface area contributed by atoms with Crippen molar-refractivity contribution < 1.29 is 4.79 Å². The zero-order valence-electron chi connectivity index (χ0n) is 18.3. The fourth-order valence-corrected chi connectivity index (χ4v) is 3.88. The Morgan fingerprint density at radius 2 is 1.79 bits per heavy atom. The fraction of sp³-hybridized carbons (Fsp3) is 0.160. The Balaban J connectivity index is 1.77. The number of urea groups is 1. The van der Waals surface area contributed by atoms with Crippen LogP contribution in [-0.2, 0) is 0 Å². The van der Waals surface area contributed by atoms with Gasteiger partial charge in [0.1, 0.15) is 5.82 Å². The van der Waals surface area contributed by atoms with Gasteiger partial charge in [0.05, 0.1) is 32.7 Å². The molecule has 6 nitrogen and oxygen atoms in total. The van der Waals surface area contributed by atoms with Crippen molar-refractivity contribution in [3.8, 4) is 5.69 Å². The third kappa shape index (κ3) is 4.58. The molecule has 1 N–H and O–H groups in total. The van der Waals surface area contributed by atoms with Gasteiger partial charge in [-0.1, -0.05) is 47.5 Å². The molecule has 1 aromatic heterocycles. The summed E-state index contributed by atoms with van der Waals surface area (Å²) in [6.07, 6.45) is 0. The lowest BCUT2D eigenvalue weighted by Gasteiger charge is -2.27. The first-order chi connectivity index (χ1) is 15.8. The zero-order chi connectivity index (χ0) is 23.7. The summed E-state index contributed by atoms with van der Waals surface area (Å²) in [5.41, 5.74) is 2.60. The molecule has 0 spiro atoms. The number of aryl methyl sites for hydroxylation is 1. The van der Waals surface area contributed by atoms with Gasteiger partial charge in [0.15, 0.2) is 0 Å². The molecule has 8 heteroatoms. The smallest absolute Gasteiger partial charge is 0.318 e. The third-order valence-corrected chi connectivity index (χ3v) is 6.25. The Morgan fingerprint density at radius 3 is 2.52 bits per heavy atom. The third-order valence-electron chi connectivity index (χ3n) is 5.51. The summed E-state index contributed by atoms with van der Waals surface area (Å²) in [6, 6.07) is 18.8. The number of nitrogens with zero attached hydrogens (tertiary/aromatic N) is 3. The first kappa shape index (κ1) is 22.8. The summed E-state index contributed by atoms with van der Waals surface area (Å²) in [4.78, 5) is 32.8. The number of aromatic nitrogens is 2. The number of anilines is 1. The highest BCUT2D eigenvalue weighted by Crippen LogP contribution is 2.26. The van der Waals surface area contributed by atoms with Gasteiger partial charge in [0, 0.05) is 12.7 Å². The number of nitrogens with one attached hydrogen (secondary N) is 1. The number of benzene rings is 3. The molecule has 3 aromatic carbocycles. The van der Waals surface area contributed by atoms with E-state index in [9.17, 15) is 9.59 Å². The molecule has 0 radical (unpaired) electrons. The second kappa shape index (κ2) is 9.25. The van der Waals surface area contributed by atoms with Crippen molar-refractivity contribution in [1.29, 1.82) is 0 Å². The van der Waals surface area contributed by atoms with Crippen LogP contribution in [0.15, 0.2) is 71.5 Å². The zero-order valence-corrected chi connectivity index (χ0v) is 19.9. The first-order valence-corrected chi connectivity index (χ1v) is 11.1. The van der Waals surface area contributed by atoms with E-state index in [-0.39, 0.29) is 11.6 Å². The van der Waals surface area contributed by atoms with Crippen molar-refractivity contribution in [3.05, 3.63) is 98.5 Å². The van der Waals surface area contributed by atoms with Crippen molar-refractivity contribution in [2.45, 2.75) is 19.9 Å². The van der Waals surface area contributed by atoms with Gasteiger partial charge in [-0.25, -0.2) is 9.78 Å². The number of para-hydroxylation sites is 1. The number of fused-ring (bicyclic) bond motifs is 1. The van der Waals surface area contributed by atoms with Gasteiger partial charge < -0.3 is 10.2 Å². The molecule has 2 amide bonds. The van der Waals surface area contributed by atoms with Gasteiger partial charge in [-0.15, -0.1) is 0 Å². The molecule has 0 saturated carbocycles. The monoisotopic (exact) mass is 480 g/mol. The van der Waals surface area contributed by atoms with Crippen LogP contribution in [0.25, 0.3) is 16.6 Å².